The minimum Gasteiger partial charge on any atom is -0.308 e. The highest BCUT2D eigenvalue weighted by molar-refractivity contribution is 9.21. The summed E-state index contributed by atoms with van der Waals surface area (Å²) in [5, 5.41) is 4.40. The summed E-state index contributed by atoms with van der Waals surface area (Å²) >= 11 is 2.91. The number of nitrogens with one attached hydrogen (secondary N) is 1. The Morgan fingerprint density at radius 1 is 1.62 bits per heavy atom. The molecule has 2 aliphatic rings. The van der Waals surface area contributed by atoms with Gasteiger partial charge < -0.3 is 5.32 Å². The maximum absolute atomic E-state index is 11.2. The van der Waals surface area contributed by atoms with E-state index in [0.29, 0.717) is 18.3 Å². The summed E-state index contributed by atoms with van der Waals surface area (Å²) in [6.07, 6.45) is 2.37. The van der Waals surface area contributed by atoms with Crippen LogP contribution in [-0.2, 0) is 9.84 Å². The van der Waals surface area contributed by atoms with E-state index < -0.39 is 9.84 Å². The molecule has 1 heterocycles. The van der Waals surface area contributed by atoms with Gasteiger partial charge in [-0.1, -0.05) is 0 Å². The van der Waals surface area contributed by atoms with Crippen LogP contribution in [0.2, 0.25) is 0 Å². The average Bonchev–Trinajstić information content (AvgIpc) is 2.78. The molecule has 4 nitrogen and oxygen atoms in total. The minimum absolute atomic E-state index is 0.0209. The molecule has 0 aromatic rings. The van der Waals surface area contributed by atoms with Gasteiger partial charge in [0, 0.05) is 12.6 Å². The van der Waals surface area contributed by atoms with Crippen molar-refractivity contribution < 1.29 is 8.42 Å². The zero-order chi connectivity index (χ0) is 9.47. The molecule has 0 amide bonds. The van der Waals surface area contributed by atoms with Crippen molar-refractivity contribution in [2.24, 2.45) is 4.99 Å². The van der Waals surface area contributed by atoms with E-state index in [1.165, 1.54) is 18.2 Å². The van der Waals surface area contributed by atoms with Crippen LogP contribution in [0, 0.1) is 0 Å². The van der Waals surface area contributed by atoms with Gasteiger partial charge in [0.05, 0.1) is 11.1 Å². The molecule has 0 atom stereocenters. The van der Waals surface area contributed by atoms with Crippen LogP contribution in [-0.4, -0.2) is 25.0 Å². The molecule has 1 fully saturated rings. The summed E-state index contributed by atoms with van der Waals surface area (Å²) in [7, 11) is -3.24. The summed E-state index contributed by atoms with van der Waals surface area (Å²) < 4.78 is 22.3. The maximum Gasteiger partial charge on any atom is 0.225 e. The van der Waals surface area contributed by atoms with Crippen LogP contribution in [0.5, 0.6) is 0 Å². The highest BCUT2D eigenvalue weighted by Gasteiger charge is 2.25. The lowest BCUT2D eigenvalue weighted by atomic mass is 10.5. The third-order valence-corrected chi connectivity index (χ3v) is 4.58. The summed E-state index contributed by atoms with van der Waals surface area (Å²) in [6, 6.07) is 0.568. The Bertz CT molecular complexity index is 381. The zero-order valence-corrected chi connectivity index (χ0v) is 9.23. The Hall–Kier alpha value is -0.200. The van der Waals surface area contributed by atoms with E-state index in [4.69, 9.17) is 0 Å². The van der Waals surface area contributed by atoms with Gasteiger partial charge >= 0.3 is 0 Å². The van der Waals surface area contributed by atoms with E-state index in [2.05, 4.69) is 26.2 Å². The van der Waals surface area contributed by atoms with Gasteiger partial charge in [-0.25, -0.2) is 13.4 Å². The largest absolute Gasteiger partial charge is 0.308 e. The Morgan fingerprint density at radius 2 is 2.31 bits per heavy atom. The van der Waals surface area contributed by atoms with Crippen molar-refractivity contribution in [1.82, 2.24) is 5.32 Å². The van der Waals surface area contributed by atoms with Crippen molar-refractivity contribution in [3.8, 4) is 0 Å². The molecule has 6 heteroatoms. The van der Waals surface area contributed by atoms with E-state index in [1.807, 2.05) is 0 Å². The van der Waals surface area contributed by atoms with Crippen molar-refractivity contribution in [1.29, 1.82) is 0 Å². The molecule has 13 heavy (non-hydrogen) atoms. The number of aliphatic imine (C=N–C) groups is 1. The Kier molecular flexibility index (Phi) is 2.29. The fourth-order valence-corrected chi connectivity index (χ4v) is 2.39. The predicted molar refractivity (Wildman–Crippen MR) is 54.4 cm³/mol. The average molecular weight is 265 g/mol. The van der Waals surface area contributed by atoms with Crippen LogP contribution in [0.3, 0.4) is 0 Å². The van der Waals surface area contributed by atoms with E-state index >= 15 is 0 Å². The third-order valence-electron chi connectivity index (χ3n) is 1.91. The van der Waals surface area contributed by atoms with Crippen LogP contribution in [0.25, 0.3) is 0 Å². The molecule has 1 aliphatic heterocycles. The smallest absolute Gasteiger partial charge is 0.225 e. The molecular formula is C7H9BrN2O2S. The number of nitrogens with zero attached hydrogens (tertiary/aromatic N) is 1. The number of sulfone groups is 1. The van der Waals surface area contributed by atoms with Crippen molar-refractivity contribution in [2.45, 2.75) is 18.9 Å². The fraction of sp³-hybridized carbons (Fsp3) is 0.571. The van der Waals surface area contributed by atoms with E-state index in [9.17, 15) is 8.42 Å². The lowest BCUT2D eigenvalue weighted by Gasteiger charge is -1.98. The van der Waals surface area contributed by atoms with E-state index in [0.717, 1.165) is 0 Å². The van der Waals surface area contributed by atoms with Crippen LogP contribution in [0.4, 0.5) is 0 Å². The Labute approximate surface area is 85.2 Å². The summed E-state index contributed by atoms with van der Waals surface area (Å²) in [4.78, 5) is 3.88. The van der Waals surface area contributed by atoms with Crippen molar-refractivity contribution in [3.05, 3.63) is 11.1 Å². The highest BCUT2D eigenvalue weighted by Crippen LogP contribution is 2.21. The van der Waals surface area contributed by atoms with Gasteiger partial charge in [-0.05, 0) is 28.8 Å². The van der Waals surface area contributed by atoms with Crippen molar-refractivity contribution in [2.75, 3.05) is 6.54 Å². The molecular weight excluding hydrogens is 256 g/mol. The van der Waals surface area contributed by atoms with Crippen molar-refractivity contribution >= 4 is 29.7 Å². The molecule has 72 valence electrons. The normalized spacial score (nSPS) is 25.6. The number of halogens is 1. The number of rotatable bonds is 3. The summed E-state index contributed by atoms with van der Waals surface area (Å²) in [6.45, 7) is 0.541. The monoisotopic (exact) mass is 264 g/mol. The Morgan fingerprint density at radius 3 is 2.77 bits per heavy atom. The van der Waals surface area contributed by atoms with E-state index in [-0.39, 0.29) is 3.95 Å². The van der Waals surface area contributed by atoms with Gasteiger partial charge in [-0.2, -0.15) is 0 Å². The second-order valence-corrected chi connectivity index (χ2v) is 6.16. The lowest BCUT2D eigenvalue weighted by molar-refractivity contribution is 0.616. The highest BCUT2D eigenvalue weighted by atomic mass is 79.9. The first-order valence-electron chi connectivity index (χ1n) is 4.01. The zero-order valence-electron chi connectivity index (χ0n) is 6.83. The minimum atomic E-state index is -3.24. The molecule has 1 N–H and O–H groups in total. The van der Waals surface area contributed by atoms with E-state index in [1.54, 1.807) is 0 Å². The van der Waals surface area contributed by atoms with Gasteiger partial charge in [0.1, 0.15) is 0 Å². The molecule has 0 saturated heterocycles. The molecule has 0 bridgehead atoms. The molecule has 0 spiro atoms. The van der Waals surface area contributed by atoms with Crippen LogP contribution in [0.1, 0.15) is 12.8 Å². The van der Waals surface area contributed by atoms with Gasteiger partial charge in [-0.15, -0.1) is 0 Å². The molecule has 0 unspecified atom stereocenters. The predicted octanol–water partition coefficient (Wildman–Crippen LogP) is 0.759. The first-order chi connectivity index (χ1) is 6.08. The number of hydrogen-bond acceptors (Lipinski definition) is 4. The van der Waals surface area contributed by atoms with Gasteiger partial charge in [-0.3, -0.25) is 0 Å². The first kappa shape index (κ1) is 9.36. The lowest BCUT2D eigenvalue weighted by Crippen LogP contribution is -2.18. The molecule has 0 radical (unpaired) electrons. The molecule has 0 aromatic heterocycles. The molecule has 1 saturated carbocycles. The standard InChI is InChI=1S/C7H9BrN2O2S/c8-7-10-6(4-13(7,11)12)3-9-5-1-2-5/h4-5,9H,1-3H2. The summed E-state index contributed by atoms with van der Waals surface area (Å²) in [5.74, 6) is 0. The maximum atomic E-state index is 11.2. The van der Waals surface area contributed by atoms with Crippen LogP contribution >= 0.6 is 15.9 Å². The second kappa shape index (κ2) is 3.18. The quantitative estimate of drug-likeness (QED) is 0.819. The van der Waals surface area contributed by atoms with Crippen LogP contribution in [0.15, 0.2) is 16.1 Å². The fourth-order valence-electron chi connectivity index (χ4n) is 1.05. The molecule has 0 aromatic carbocycles. The second-order valence-electron chi connectivity index (χ2n) is 3.17. The third kappa shape index (κ3) is 2.18. The summed E-state index contributed by atoms with van der Waals surface area (Å²) in [5.41, 5.74) is 0.582. The SMILES string of the molecule is O=S1(=O)C=C(CNC2CC2)N=C1Br. The van der Waals surface area contributed by atoms with Crippen LogP contribution < -0.4 is 5.32 Å². The van der Waals surface area contributed by atoms with Gasteiger partial charge in [0.15, 0.2) is 0 Å². The van der Waals surface area contributed by atoms with Crippen molar-refractivity contribution in [3.63, 3.8) is 0 Å². The number of hydrogen-bond donors (Lipinski definition) is 1. The van der Waals surface area contributed by atoms with Gasteiger partial charge in [0.2, 0.25) is 13.8 Å². The molecule has 2 rings (SSSR count). The molecule has 1 aliphatic carbocycles. The van der Waals surface area contributed by atoms with Gasteiger partial charge in [0.25, 0.3) is 0 Å². The Balaban J connectivity index is 2.01. The first-order valence-corrected chi connectivity index (χ1v) is 6.35. The topological polar surface area (TPSA) is 58.5 Å².